The van der Waals surface area contributed by atoms with Crippen LogP contribution in [0.5, 0.6) is 0 Å². The number of fused-ring (bicyclic) bond motifs is 1. The molecule has 2 aliphatic rings. The van der Waals surface area contributed by atoms with E-state index in [1.54, 1.807) is 0 Å². The molecule has 124 valence electrons. The molecule has 8 heteroatoms. The lowest BCUT2D eigenvalue weighted by Crippen LogP contribution is -2.58. The van der Waals surface area contributed by atoms with E-state index >= 15 is 0 Å². The molecule has 1 aromatic carbocycles. The summed E-state index contributed by atoms with van der Waals surface area (Å²) in [7, 11) is -3.44. The van der Waals surface area contributed by atoms with E-state index in [9.17, 15) is 23.1 Å². The second-order valence-electron chi connectivity index (χ2n) is 5.77. The molecule has 0 aromatic heterocycles. The van der Waals surface area contributed by atoms with Crippen LogP contribution in [0.25, 0.3) is 0 Å². The Morgan fingerprint density at radius 2 is 1.91 bits per heavy atom. The van der Waals surface area contributed by atoms with Gasteiger partial charge < -0.3 is 14.7 Å². The van der Waals surface area contributed by atoms with Gasteiger partial charge in [-0.25, -0.2) is 13.2 Å². The van der Waals surface area contributed by atoms with Crippen LogP contribution in [0.1, 0.15) is 11.1 Å². The largest absolute Gasteiger partial charge is 0.480 e. The first-order chi connectivity index (χ1) is 10.9. The van der Waals surface area contributed by atoms with E-state index in [2.05, 4.69) is 0 Å². The maximum Gasteiger partial charge on any atom is 0.327 e. The van der Waals surface area contributed by atoms with Crippen molar-refractivity contribution in [1.29, 1.82) is 0 Å². The highest BCUT2D eigenvalue weighted by Gasteiger charge is 2.41. The summed E-state index contributed by atoms with van der Waals surface area (Å²) >= 11 is 0. The summed E-state index contributed by atoms with van der Waals surface area (Å²) in [4.78, 5) is 25.1. The molecule has 1 N–H and O–H groups in total. The topological polar surface area (TPSA) is 101 Å². The van der Waals surface area contributed by atoms with Crippen molar-refractivity contribution in [3.63, 3.8) is 0 Å². The average molecular weight is 339 g/mol. The first-order valence-corrected chi connectivity index (χ1v) is 9.11. The van der Waals surface area contributed by atoms with Gasteiger partial charge in [-0.05, 0) is 11.1 Å². The number of rotatable bonds is 2. The Bertz CT molecular complexity index is 744. The van der Waals surface area contributed by atoms with Crippen molar-refractivity contribution in [2.45, 2.75) is 25.2 Å². The molecule has 0 radical (unpaired) electrons. The zero-order valence-corrected chi connectivity index (χ0v) is 13.2. The van der Waals surface area contributed by atoms with Gasteiger partial charge in [0.05, 0.1) is 18.1 Å². The van der Waals surface area contributed by atoms with Crippen molar-refractivity contribution in [3.8, 4) is 0 Å². The van der Waals surface area contributed by atoms with Crippen molar-refractivity contribution in [3.05, 3.63) is 35.4 Å². The van der Waals surface area contributed by atoms with E-state index in [0.717, 1.165) is 16.0 Å². The molecule has 2 aliphatic heterocycles. The minimum atomic E-state index is -3.44. The van der Waals surface area contributed by atoms with Crippen LogP contribution in [0.2, 0.25) is 0 Å². The van der Waals surface area contributed by atoms with Crippen LogP contribution in [0.4, 0.5) is 0 Å². The molecule has 7 nitrogen and oxygen atoms in total. The molecule has 1 saturated heterocycles. The monoisotopic (exact) mass is 339 g/mol. The minimum Gasteiger partial charge on any atom is -0.480 e. The van der Waals surface area contributed by atoms with Gasteiger partial charge in [-0.2, -0.15) is 0 Å². The summed E-state index contributed by atoms with van der Waals surface area (Å²) in [5.74, 6) is -2.52. The predicted molar refractivity (Wildman–Crippen MR) is 80.5 cm³/mol. The number of aliphatic carboxylic acids is 1. The van der Waals surface area contributed by atoms with E-state index < -0.39 is 39.6 Å². The fraction of sp³-hybridized carbons (Fsp3) is 0.467. The first kappa shape index (κ1) is 15.9. The van der Waals surface area contributed by atoms with Gasteiger partial charge in [0.1, 0.15) is 12.1 Å². The third-order valence-corrected chi connectivity index (χ3v) is 5.87. The number of hydrogen-bond acceptors (Lipinski definition) is 5. The number of benzene rings is 1. The number of nitrogens with zero attached hydrogens (tertiary/aromatic N) is 1. The Morgan fingerprint density at radius 3 is 2.61 bits per heavy atom. The summed E-state index contributed by atoms with van der Waals surface area (Å²) < 4.78 is 28.8. The maximum atomic E-state index is 12.6. The SMILES string of the molecule is O=C(O)C1CS(=O)(=O)CCN1C(=O)C1Cc2ccccc2CO1. The average Bonchev–Trinajstić information content (AvgIpc) is 2.53. The minimum absolute atomic E-state index is 0.111. The highest BCUT2D eigenvalue weighted by molar-refractivity contribution is 7.91. The first-order valence-electron chi connectivity index (χ1n) is 7.29. The van der Waals surface area contributed by atoms with E-state index in [4.69, 9.17) is 4.74 Å². The summed E-state index contributed by atoms with van der Waals surface area (Å²) in [6.45, 7) is 0.177. The molecule has 0 bridgehead atoms. The highest BCUT2D eigenvalue weighted by Crippen LogP contribution is 2.23. The highest BCUT2D eigenvalue weighted by atomic mass is 32.2. The third kappa shape index (κ3) is 3.23. The van der Waals surface area contributed by atoms with Crippen molar-refractivity contribution in [2.75, 3.05) is 18.1 Å². The molecular formula is C15H17NO6S. The second-order valence-corrected chi connectivity index (χ2v) is 8.00. The number of carboxylic acid groups (broad SMARTS) is 1. The van der Waals surface area contributed by atoms with Crippen LogP contribution in [0, 0.1) is 0 Å². The molecule has 2 heterocycles. The quantitative estimate of drug-likeness (QED) is 0.803. The van der Waals surface area contributed by atoms with Crippen LogP contribution in [-0.4, -0.2) is 60.5 Å². The molecule has 0 aliphatic carbocycles. The normalized spacial score (nSPS) is 26.3. The Hall–Kier alpha value is -1.93. The van der Waals surface area contributed by atoms with Gasteiger partial charge in [-0.1, -0.05) is 24.3 Å². The van der Waals surface area contributed by atoms with Crippen molar-refractivity contribution in [1.82, 2.24) is 4.90 Å². The maximum absolute atomic E-state index is 12.6. The van der Waals surface area contributed by atoms with E-state index in [1.165, 1.54) is 0 Å². The van der Waals surface area contributed by atoms with Crippen molar-refractivity contribution in [2.24, 2.45) is 0 Å². The summed E-state index contributed by atoms with van der Waals surface area (Å²) in [5.41, 5.74) is 2.00. The van der Waals surface area contributed by atoms with Gasteiger partial charge >= 0.3 is 5.97 Å². The Labute approximate surface area is 133 Å². The lowest BCUT2D eigenvalue weighted by Gasteiger charge is -2.36. The van der Waals surface area contributed by atoms with Crippen molar-refractivity contribution >= 4 is 21.7 Å². The molecule has 1 amide bonds. The Balaban J connectivity index is 1.79. The standard InChI is InChI=1S/C15H17NO6S/c17-14(13-7-10-3-1-2-4-11(10)8-22-13)16-5-6-23(20,21)9-12(16)15(18)19/h1-4,12-13H,5-9H2,(H,18,19). The number of carboxylic acids is 1. The molecule has 2 atom stereocenters. The molecule has 2 unspecified atom stereocenters. The zero-order valence-electron chi connectivity index (χ0n) is 12.3. The molecule has 0 spiro atoms. The van der Waals surface area contributed by atoms with Gasteiger partial charge in [-0.3, -0.25) is 4.79 Å². The number of amides is 1. The van der Waals surface area contributed by atoms with Crippen LogP contribution >= 0.6 is 0 Å². The fourth-order valence-electron chi connectivity index (χ4n) is 2.97. The van der Waals surface area contributed by atoms with Gasteiger partial charge in [0.2, 0.25) is 0 Å². The molecule has 0 saturated carbocycles. The van der Waals surface area contributed by atoms with Crippen LogP contribution in [0.15, 0.2) is 24.3 Å². The second kappa shape index (κ2) is 5.93. The summed E-state index contributed by atoms with van der Waals surface area (Å²) in [6, 6.07) is 6.25. The number of carbonyl (C=O) groups excluding carboxylic acids is 1. The van der Waals surface area contributed by atoms with Crippen molar-refractivity contribution < 1.29 is 27.9 Å². The van der Waals surface area contributed by atoms with Crippen LogP contribution in [0.3, 0.4) is 0 Å². The lowest BCUT2D eigenvalue weighted by atomic mass is 9.98. The zero-order chi connectivity index (χ0) is 16.6. The predicted octanol–water partition coefficient (Wildman–Crippen LogP) is -0.162. The Morgan fingerprint density at radius 1 is 1.22 bits per heavy atom. The van der Waals surface area contributed by atoms with E-state index in [1.807, 2.05) is 24.3 Å². The summed E-state index contributed by atoms with van der Waals surface area (Å²) in [6.07, 6.45) is -0.405. The van der Waals surface area contributed by atoms with Gasteiger partial charge in [0.15, 0.2) is 9.84 Å². The van der Waals surface area contributed by atoms with Gasteiger partial charge in [-0.15, -0.1) is 0 Å². The lowest BCUT2D eigenvalue weighted by molar-refractivity contribution is -0.156. The number of ether oxygens (including phenoxy) is 1. The van der Waals surface area contributed by atoms with E-state index in [0.29, 0.717) is 6.42 Å². The van der Waals surface area contributed by atoms with Crippen LogP contribution < -0.4 is 0 Å². The number of hydrogen-bond donors (Lipinski definition) is 1. The molecule has 23 heavy (non-hydrogen) atoms. The fourth-order valence-corrected chi connectivity index (χ4v) is 4.41. The molecule has 3 rings (SSSR count). The number of carbonyl (C=O) groups is 2. The van der Waals surface area contributed by atoms with Gasteiger partial charge in [0.25, 0.3) is 5.91 Å². The molecule has 1 fully saturated rings. The number of sulfone groups is 1. The van der Waals surface area contributed by atoms with E-state index in [-0.39, 0.29) is 18.9 Å². The van der Waals surface area contributed by atoms with Crippen LogP contribution in [-0.2, 0) is 37.2 Å². The Kier molecular flexibility index (Phi) is 4.11. The van der Waals surface area contributed by atoms with Gasteiger partial charge in [0, 0.05) is 13.0 Å². The molecular weight excluding hydrogens is 322 g/mol. The smallest absolute Gasteiger partial charge is 0.327 e. The third-order valence-electron chi connectivity index (χ3n) is 4.24. The summed E-state index contributed by atoms with van der Waals surface area (Å²) in [5, 5.41) is 9.25. The molecule has 1 aromatic rings.